The molecule has 1 N–H and O–H groups in total. The molecule has 0 atom stereocenters. The highest BCUT2D eigenvalue weighted by Crippen LogP contribution is 2.15. The van der Waals surface area contributed by atoms with E-state index in [9.17, 15) is 4.79 Å². The molecule has 1 rings (SSSR count). The molecule has 1 aliphatic heterocycles. The molecular formula is C14H24N2O2. The van der Waals surface area contributed by atoms with Gasteiger partial charge in [-0.05, 0) is 40.2 Å². The summed E-state index contributed by atoms with van der Waals surface area (Å²) >= 11 is 0. The van der Waals surface area contributed by atoms with Crippen molar-refractivity contribution in [3.8, 4) is 12.3 Å². The maximum absolute atomic E-state index is 11.7. The van der Waals surface area contributed by atoms with Crippen molar-refractivity contribution >= 4 is 6.09 Å². The fourth-order valence-electron chi connectivity index (χ4n) is 1.74. The van der Waals surface area contributed by atoms with E-state index in [1.165, 1.54) is 0 Å². The van der Waals surface area contributed by atoms with Crippen LogP contribution < -0.4 is 5.32 Å². The van der Waals surface area contributed by atoms with E-state index >= 15 is 0 Å². The molecule has 0 aliphatic carbocycles. The van der Waals surface area contributed by atoms with Gasteiger partial charge in [0.2, 0.25) is 0 Å². The number of nitrogens with one attached hydrogen (secondary N) is 1. The monoisotopic (exact) mass is 252 g/mol. The van der Waals surface area contributed by atoms with Crippen LogP contribution in [0.1, 0.15) is 40.0 Å². The molecule has 0 bridgehead atoms. The topological polar surface area (TPSA) is 41.6 Å². The SMILES string of the molecule is C#CCCCCNC1CN(C(=O)OC(C)(C)C)C1. The molecule has 1 aliphatic rings. The lowest BCUT2D eigenvalue weighted by molar-refractivity contribution is 0.00536. The summed E-state index contributed by atoms with van der Waals surface area (Å²) in [5.74, 6) is 2.63. The summed E-state index contributed by atoms with van der Waals surface area (Å²) < 4.78 is 5.28. The molecule has 0 unspecified atom stereocenters. The van der Waals surface area contributed by atoms with Crippen molar-refractivity contribution in [2.45, 2.75) is 51.7 Å². The van der Waals surface area contributed by atoms with Gasteiger partial charge >= 0.3 is 6.09 Å². The van der Waals surface area contributed by atoms with Crippen molar-refractivity contribution in [1.82, 2.24) is 10.2 Å². The molecule has 1 heterocycles. The van der Waals surface area contributed by atoms with Crippen LogP contribution in [0.25, 0.3) is 0 Å². The molecule has 0 aromatic carbocycles. The van der Waals surface area contributed by atoms with E-state index in [4.69, 9.17) is 11.2 Å². The fourth-order valence-corrected chi connectivity index (χ4v) is 1.74. The Morgan fingerprint density at radius 3 is 2.67 bits per heavy atom. The van der Waals surface area contributed by atoms with Crippen molar-refractivity contribution in [3.63, 3.8) is 0 Å². The normalized spacial score (nSPS) is 16.0. The Bertz CT molecular complexity index is 309. The molecule has 1 amide bonds. The summed E-state index contributed by atoms with van der Waals surface area (Å²) in [7, 11) is 0. The van der Waals surface area contributed by atoms with Crippen molar-refractivity contribution in [2.75, 3.05) is 19.6 Å². The minimum Gasteiger partial charge on any atom is -0.444 e. The molecular weight excluding hydrogens is 228 g/mol. The molecule has 1 fully saturated rings. The van der Waals surface area contributed by atoms with Gasteiger partial charge in [-0.25, -0.2) is 4.79 Å². The molecule has 102 valence electrons. The number of hydrogen-bond donors (Lipinski definition) is 1. The number of terminal acetylenes is 1. The molecule has 0 spiro atoms. The fraction of sp³-hybridized carbons (Fsp3) is 0.786. The predicted octanol–water partition coefficient (Wildman–Crippen LogP) is 2.00. The third-order valence-electron chi connectivity index (χ3n) is 2.71. The van der Waals surface area contributed by atoms with Crippen LogP contribution in [0.2, 0.25) is 0 Å². The average Bonchev–Trinajstić information content (AvgIpc) is 2.17. The average molecular weight is 252 g/mol. The Morgan fingerprint density at radius 2 is 2.11 bits per heavy atom. The van der Waals surface area contributed by atoms with E-state index in [0.29, 0.717) is 6.04 Å². The third kappa shape index (κ3) is 5.42. The van der Waals surface area contributed by atoms with Gasteiger partial charge in [0.15, 0.2) is 0 Å². The van der Waals surface area contributed by atoms with Gasteiger partial charge in [0, 0.05) is 25.6 Å². The zero-order valence-corrected chi connectivity index (χ0v) is 11.7. The van der Waals surface area contributed by atoms with Gasteiger partial charge in [0.05, 0.1) is 0 Å². The first kappa shape index (κ1) is 14.8. The van der Waals surface area contributed by atoms with E-state index in [-0.39, 0.29) is 6.09 Å². The second-order valence-corrected chi connectivity index (χ2v) is 5.70. The van der Waals surface area contributed by atoms with Crippen molar-refractivity contribution < 1.29 is 9.53 Å². The largest absolute Gasteiger partial charge is 0.444 e. The highest BCUT2D eigenvalue weighted by molar-refractivity contribution is 5.69. The van der Waals surface area contributed by atoms with E-state index in [1.54, 1.807) is 4.90 Å². The van der Waals surface area contributed by atoms with Gasteiger partial charge in [-0.1, -0.05) is 0 Å². The lowest BCUT2D eigenvalue weighted by Crippen LogP contribution is -2.60. The summed E-state index contributed by atoms with van der Waals surface area (Å²) in [4.78, 5) is 13.4. The number of ether oxygens (including phenoxy) is 1. The molecule has 4 nitrogen and oxygen atoms in total. The van der Waals surface area contributed by atoms with Gasteiger partial charge in [-0.3, -0.25) is 0 Å². The van der Waals surface area contributed by atoms with Gasteiger partial charge in [-0.15, -0.1) is 12.3 Å². The van der Waals surface area contributed by atoms with E-state index in [2.05, 4.69) is 11.2 Å². The Hall–Kier alpha value is -1.21. The van der Waals surface area contributed by atoms with Crippen molar-refractivity contribution in [2.24, 2.45) is 0 Å². The molecule has 18 heavy (non-hydrogen) atoms. The maximum Gasteiger partial charge on any atom is 0.410 e. The van der Waals surface area contributed by atoms with E-state index < -0.39 is 5.60 Å². The summed E-state index contributed by atoms with van der Waals surface area (Å²) in [6, 6.07) is 0.406. The quantitative estimate of drug-likeness (QED) is 0.601. The number of rotatable bonds is 5. The maximum atomic E-state index is 11.7. The zero-order chi connectivity index (χ0) is 13.6. The van der Waals surface area contributed by atoms with Crippen LogP contribution >= 0.6 is 0 Å². The number of unbranched alkanes of at least 4 members (excludes halogenated alkanes) is 2. The standard InChI is InChI=1S/C14H24N2O2/c1-5-6-7-8-9-15-12-10-16(11-12)13(17)18-14(2,3)4/h1,12,15H,6-11H2,2-4H3. The minimum absolute atomic E-state index is 0.215. The molecule has 0 aromatic heterocycles. The summed E-state index contributed by atoms with van der Waals surface area (Å²) in [5, 5.41) is 3.41. The number of carbonyl (C=O) groups excluding carboxylic acids is 1. The van der Waals surface area contributed by atoms with Crippen LogP contribution in [0.15, 0.2) is 0 Å². The second kappa shape index (κ2) is 6.65. The van der Waals surface area contributed by atoms with Crippen LogP contribution in [0.4, 0.5) is 4.79 Å². The first-order valence-electron chi connectivity index (χ1n) is 6.57. The number of likely N-dealkylation sites (tertiary alicyclic amines) is 1. The van der Waals surface area contributed by atoms with Crippen LogP contribution in [0.3, 0.4) is 0 Å². The first-order valence-corrected chi connectivity index (χ1v) is 6.57. The molecule has 0 saturated carbocycles. The molecule has 0 radical (unpaired) electrons. The van der Waals surface area contributed by atoms with E-state index in [1.807, 2.05) is 20.8 Å². The van der Waals surface area contributed by atoms with Crippen LogP contribution in [0.5, 0.6) is 0 Å². The third-order valence-corrected chi connectivity index (χ3v) is 2.71. The van der Waals surface area contributed by atoms with Gasteiger partial charge in [0.1, 0.15) is 5.60 Å². The molecule has 1 saturated heterocycles. The van der Waals surface area contributed by atoms with Gasteiger partial charge < -0.3 is 15.0 Å². The number of carbonyl (C=O) groups is 1. The highest BCUT2D eigenvalue weighted by atomic mass is 16.6. The minimum atomic E-state index is -0.412. The van der Waals surface area contributed by atoms with Crippen molar-refractivity contribution in [1.29, 1.82) is 0 Å². The number of amides is 1. The number of hydrogen-bond acceptors (Lipinski definition) is 3. The Labute approximate surface area is 110 Å². The highest BCUT2D eigenvalue weighted by Gasteiger charge is 2.32. The Kier molecular flexibility index (Phi) is 5.49. The van der Waals surface area contributed by atoms with Crippen molar-refractivity contribution in [3.05, 3.63) is 0 Å². The van der Waals surface area contributed by atoms with Crippen LogP contribution in [-0.4, -0.2) is 42.3 Å². The summed E-state index contributed by atoms with van der Waals surface area (Å²) in [6.07, 6.45) is 7.96. The lowest BCUT2D eigenvalue weighted by atomic mass is 10.1. The van der Waals surface area contributed by atoms with Gasteiger partial charge in [-0.2, -0.15) is 0 Å². The lowest BCUT2D eigenvalue weighted by Gasteiger charge is -2.40. The van der Waals surface area contributed by atoms with E-state index in [0.717, 1.165) is 38.9 Å². The molecule has 0 aromatic rings. The predicted molar refractivity (Wildman–Crippen MR) is 72.3 cm³/mol. The Balaban J connectivity index is 2.06. The smallest absolute Gasteiger partial charge is 0.410 e. The van der Waals surface area contributed by atoms with Crippen LogP contribution in [-0.2, 0) is 4.74 Å². The van der Waals surface area contributed by atoms with Gasteiger partial charge in [0.25, 0.3) is 0 Å². The zero-order valence-electron chi connectivity index (χ0n) is 11.7. The Morgan fingerprint density at radius 1 is 1.44 bits per heavy atom. The van der Waals surface area contributed by atoms with Crippen LogP contribution in [0, 0.1) is 12.3 Å². The first-order chi connectivity index (χ1) is 8.42. The number of nitrogens with zero attached hydrogens (tertiary/aromatic N) is 1. The summed E-state index contributed by atoms with van der Waals surface area (Å²) in [6.45, 7) is 8.09. The molecule has 4 heteroatoms. The second-order valence-electron chi connectivity index (χ2n) is 5.70. The summed E-state index contributed by atoms with van der Waals surface area (Å²) in [5.41, 5.74) is -0.412.